The zero-order valence-corrected chi connectivity index (χ0v) is 11.9. The van der Waals surface area contributed by atoms with Crippen LogP contribution in [0.2, 0.25) is 0 Å². The van der Waals surface area contributed by atoms with Gasteiger partial charge in [-0.25, -0.2) is 0 Å². The van der Waals surface area contributed by atoms with Gasteiger partial charge in [-0.05, 0) is 22.0 Å². The van der Waals surface area contributed by atoms with Crippen molar-refractivity contribution in [3.63, 3.8) is 0 Å². The van der Waals surface area contributed by atoms with Crippen molar-refractivity contribution in [2.24, 2.45) is 7.05 Å². The molecular weight excluding hydrogens is 310 g/mol. The fourth-order valence-electron chi connectivity index (χ4n) is 1.99. The molecule has 0 fully saturated rings. The summed E-state index contributed by atoms with van der Waals surface area (Å²) in [4.78, 5) is 0.963. The van der Waals surface area contributed by atoms with E-state index in [2.05, 4.69) is 27.1 Å². The fourth-order valence-corrected chi connectivity index (χ4v) is 3.91. The van der Waals surface area contributed by atoms with Crippen molar-refractivity contribution >= 4 is 37.4 Å². The van der Waals surface area contributed by atoms with Gasteiger partial charge < -0.3 is 0 Å². The molecule has 18 heavy (non-hydrogen) atoms. The number of nitrogens with zero attached hydrogens (tertiary/aromatic N) is 3. The topological polar surface area (TPSA) is 41.6 Å². The average Bonchev–Trinajstić information content (AvgIpc) is 2.89. The molecule has 3 aromatic rings. The summed E-state index contributed by atoms with van der Waals surface area (Å²) >= 11 is 5.11. The predicted molar refractivity (Wildman–Crippen MR) is 76.4 cm³/mol. The van der Waals surface area contributed by atoms with Gasteiger partial charge in [0, 0.05) is 17.1 Å². The van der Waals surface area contributed by atoms with Gasteiger partial charge in [0.2, 0.25) is 0 Å². The minimum absolute atomic E-state index is 0.722. The number of benzene rings is 1. The number of rotatable bonds is 1. The number of hydrogen-bond acceptors (Lipinski definition) is 3. The Bertz CT molecular complexity index is 760. The Balaban J connectivity index is 2.40. The maximum Gasteiger partial charge on any atom is 0.101 e. The van der Waals surface area contributed by atoms with Gasteiger partial charge in [0.05, 0.1) is 26.8 Å². The molecule has 1 aromatic carbocycles. The van der Waals surface area contributed by atoms with E-state index in [-0.39, 0.29) is 0 Å². The summed E-state index contributed by atoms with van der Waals surface area (Å²) in [7, 11) is 1.88. The van der Waals surface area contributed by atoms with Gasteiger partial charge in [0.1, 0.15) is 6.07 Å². The Morgan fingerprint density at radius 2 is 2.17 bits per heavy atom. The third-order valence-corrected chi connectivity index (χ3v) is 4.57. The van der Waals surface area contributed by atoms with E-state index in [1.807, 2.05) is 31.3 Å². The van der Waals surface area contributed by atoms with Crippen LogP contribution in [-0.4, -0.2) is 9.78 Å². The largest absolute Gasteiger partial charge is 0.266 e. The molecule has 3 nitrogen and oxygen atoms in total. The Hall–Kier alpha value is -1.64. The van der Waals surface area contributed by atoms with Crippen LogP contribution in [0.5, 0.6) is 0 Å². The molecule has 0 aliphatic rings. The summed E-state index contributed by atoms with van der Waals surface area (Å²) in [6.07, 6.45) is 1.75. The molecule has 0 N–H and O–H groups in total. The van der Waals surface area contributed by atoms with Crippen LogP contribution in [0.4, 0.5) is 0 Å². The number of nitriles is 1. The fraction of sp³-hybridized carbons (Fsp3) is 0.0769. The lowest BCUT2D eigenvalue weighted by Gasteiger charge is -2.00. The van der Waals surface area contributed by atoms with E-state index in [4.69, 9.17) is 0 Å². The molecule has 0 bridgehead atoms. The second-order valence-electron chi connectivity index (χ2n) is 3.88. The van der Waals surface area contributed by atoms with Crippen LogP contribution in [0.15, 0.2) is 34.9 Å². The molecule has 0 atom stereocenters. The molecule has 0 unspecified atom stereocenters. The highest BCUT2D eigenvalue weighted by molar-refractivity contribution is 9.10. The molecule has 0 saturated carbocycles. The van der Waals surface area contributed by atoms with Crippen molar-refractivity contribution < 1.29 is 0 Å². The van der Waals surface area contributed by atoms with Crippen LogP contribution >= 0.6 is 27.3 Å². The van der Waals surface area contributed by atoms with E-state index in [0.29, 0.717) is 0 Å². The summed E-state index contributed by atoms with van der Waals surface area (Å²) in [6, 6.07) is 10.3. The summed E-state index contributed by atoms with van der Waals surface area (Å²) in [6.45, 7) is 0. The zero-order chi connectivity index (χ0) is 12.7. The lowest BCUT2D eigenvalue weighted by molar-refractivity contribution is 0.777. The van der Waals surface area contributed by atoms with Crippen molar-refractivity contribution in [2.45, 2.75) is 0 Å². The van der Waals surface area contributed by atoms with E-state index in [1.54, 1.807) is 22.2 Å². The first-order chi connectivity index (χ1) is 8.72. The second-order valence-corrected chi connectivity index (χ2v) is 5.79. The summed E-state index contributed by atoms with van der Waals surface area (Å²) in [5.41, 5.74) is 1.67. The van der Waals surface area contributed by atoms with Gasteiger partial charge >= 0.3 is 0 Å². The third kappa shape index (κ3) is 1.57. The number of aromatic nitrogens is 2. The molecular formula is C13H8BrN3S. The van der Waals surface area contributed by atoms with Crippen LogP contribution in [0.3, 0.4) is 0 Å². The molecule has 0 aliphatic heterocycles. The van der Waals surface area contributed by atoms with Gasteiger partial charge in [0.25, 0.3) is 0 Å². The standard InChI is InChI=1S/C13H8BrN3S/c1-17-12(10(14)7-16-17)13-9(6-15)8-4-2-3-5-11(8)18-13/h2-5,7H,1H3. The molecule has 0 amide bonds. The van der Waals surface area contributed by atoms with Gasteiger partial charge in [-0.1, -0.05) is 18.2 Å². The van der Waals surface area contributed by atoms with Gasteiger partial charge in [0.15, 0.2) is 0 Å². The monoisotopic (exact) mass is 317 g/mol. The molecule has 2 aromatic heterocycles. The second kappa shape index (κ2) is 4.23. The van der Waals surface area contributed by atoms with Crippen LogP contribution in [0.25, 0.3) is 20.7 Å². The summed E-state index contributed by atoms with van der Waals surface area (Å²) in [5, 5.41) is 14.6. The van der Waals surface area contributed by atoms with Crippen LogP contribution in [0.1, 0.15) is 5.56 Å². The summed E-state index contributed by atoms with van der Waals surface area (Å²) < 4.78 is 3.82. The van der Waals surface area contributed by atoms with E-state index >= 15 is 0 Å². The van der Waals surface area contributed by atoms with Crippen LogP contribution in [0, 0.1) is 11.3 Å². The molecule has 2 heterocycles. The number of halogens is 1. The smallest absolute Gasteiger partial charge is 0.101 e. The molecule has 0 radical (unpaired) electrons. The van der Waals surface area contributed by atoms with Crippen LogP contribution < -0.4 is 0 Å². The minimum atomic E-state index is 0.722. The molecule has 0 saturated heterocycles. The number of fused-ring (bicyclic) bond motifs is 1. The highest BCUT2D eigenvalue weighted by Gasteiger charge is 2.18. The number of hydrogen-bond donors (Lipinski definition) is 0. The summed E-state index contributed by atoms with van der Waals surface area (Å²) in [5.74, 6) is 0. The van der Waals surface area contributed by atoms with Crippen molar-refractivity contribution in [1.82, 2.24) is 9.78 Å². The van der Waals surface area contributed by atoms with E-state index in [1.165, 1.54) is 0 Å². The third-order valence-electron chi connectivity index (χ3n) is 2.82. The predicted octanol–water partition coefficient (Wildman–Crippen LogP) is 3.94. The van der Waals surface area contributed by atoms with Crippen molar-refractivity contribution in [3.8, 4) is 16.6 Å². The van der Waals surface area contributed by atoms with Gasteiger partial charge in [-0.2, -0.15) is 10.4 Å². The first kappa shape index (κ1) is 11.5. The maximum atomic E-state index is 9.40. The van der Waals surface area contributed by atoms with Crippen molar-refractivity contribution in [1.29, 1.82) is 5.26 Å². The van der Waals surface area contributed by atoms with Crippen LogP contribution in [-0.2, 0) is 7.05 Å². The maximum absolute atomic E-state index is 9.40. The molecule has 88 valence electrons. The van der Waals surface area contributed by atoms with Crippen molar-refractivity contribution in [3.05, 3.63) is 40.5 Å². The zero-order valence-electron chi connectivity index (χ0n) is 9.51. The molecule has 3 rings (SSSR count). The Labute approximate surface area is 116 Å². The average molecular weight is 318 g/mol. The molecule has 5 heteroatoms. The van der Waals surface area contributed by atoms with E-state index in [9.17, 15) is 5.26 Å². The lowest BCUT2D eigenvalue weighted by atomic mass is 10.1. The molecule has 0 aliphatic carbocycles. The van der Waals surface area contributed by atoms with Crippen molar-refractivity contribution in [2.75, 3.05) is 0 Å². The van der Waals surface area contributed by atoms with Gasteiger partial charge in [-0.3, -0.25) is 4.68 Å². The lowest BCUT2D eigenvalue weighted by Crippen LogP contribution is -1.93. The minimum Gasteiger partial charge on any atom is -0.266 e. The molecule has 0 spiro atoms. The van der Waals surface area contributed by atoms with E-state index in [0.717, 1.165) is 30.7 Å². The highest BCUT2D eigenvalue weighted by atomic mass is 79.9. The first-order valence-electron chi connectivity index (χ1n) is 5.32. The first-order valence-corrected chi connectivity index (χ1v) is 6.93. The van der Waals surface area contributed by atoms with E-state index < -0.39 is 0 Å². The SMILES string of the molecule is Cn1ncc(Br)c1-c1sc2ccccc2c1C#N. The normalized spacial score (nSPS) is 10.7. The van der Waals surface area contributed by atoms with Gasteiger partial charge in [-0.15, -0.1) is 11.3 Å². The highest BCUT2D eigenvalue weighted by Crippen LogP contribution is 2.40. The Morgan fingerprint density at radius 1 is 1.39 bits per heavy atom. The quantitative estimate of drug-likeness (QED) is 0.682. The Kier molecular flexibility index (Phi) is 2.69. The Morgan fingerprint density at radius 3 is 2.83 bits per heavy atom. The number of thiophene rings is 1. The number of aryl methyl sites for hydroxylation is 1.